The van der Waals surface area contributed by atoms with Gasteiger partial charge in [0.2, 0.25) is 0 Å². The number of carbonyl (C=O) groups excluding carboxylic acids is 2. The topological polar surface area (TPSA) is 53.5 Å². The molecule has 2 amide bonds. The van der Waals surface area contributed by atoms with Crippen molar-refractivity contribution >= 4 is 23.4 Å². The normalized spacial score (nSPS) is 14.6. The molecule has 0 unspecified atom stereocenters. The Morgan fingerprint density at radius 2 is 1.71 bits per heavy atom. The first-order valence-electron chi connectivity index (χ1n) is 7.50. The van der Waals surface area contributed by atoms with E-state index in [1.165, 1.54) is 29.3 Å². The SMILES string of the molecule is O=C(c1cccnc1)N1CCN(C(=O)c2cc(Cl)ccc2F)CC1. The van der Waals surface area contributed by atoms with Crippen molar-refractivity contribution in [2.24, 2.45) is 0 Å². The lowest BCUT2D eigenvalue weighted by Crippen LogP contribution is -2.50. The first-order valence-corrected chi connectivity index (χ1v) is 7.87. The highest BCUT2D eigenvalue weighted by atomic mass is 35.5. The van der Waals surface area contributed by atoms with Gasteiger partial charge in [-0.15, -0.1) is 0 Å². The highest BCUT2D eigenvalue weighted by Crippen LogP contribution is 2.18. The third-order valence-electron chi connectivity index (χ3n) is 3.92. The van der Waals surface area contributed by atoms with E-state index in [2.05, 4.69) is 4.98 Å². The molecule has 1 saturated heterocycles. The van der Waals surface area contributed by atoms with Crippen molar-refractivity contribution in [1.82, 2.24) is 14.8 Å². The summed E-state index contributed by atoms with van der Waals surface area (Å²) in [5.41, 5.74) is 0.465. The summed E-state index contributed by atoms with van der Waals surface area (Å²) in [6.07, 6.45) is 3.12. The van der Waals surface area contributed by atoms with Gasteiger partial charge in [-0.1, -0.05) is 11.6 Å². The molecule has 0 atom stereocenters. The number of benzene rings is 1. The minimum Gasteiger partial charge on any atom is -0.335 e. The molecule has 5 nitrogen and oxygen atoms in total. The number of rotatable bonds is 2. The molecule has 0 N–H and O–H groups in total. The number of piperazine rings is 1. The molecule has 0 saturated carbocycles. The molecule has 24 heavy (non-hydrogen) atoms. The van der Waals surface area contributed by atoms with Crippen molar-refractivity contribution in [3.8, 4) is 0 Å². The zero-order valence-electron chi connectivity index (χ0n) is 12.8. The Labute approximate surface area is 143 Å². The Balaban J connectivity index is 1.66. The van der Waals surface area contributed by atoms with Gasteiger partial charge in [0.15, 0.2) is 0 Å². The highest BCUT2D eigenvalue weighted by molar-refractivity contribution is 6.31. The second-order valence-electron chi connectivity index (χ2n) is 5.45. The van der Waals surface area contributed by atoms with Crippen LogP contribution in [0, 0.1) is 5.82 Å². The number of carbonyl (C=O) groups is 2. The van der Waals surface area contributed by atoms with Gasteiger partial charge in [-0.05, 0) is 30.3 Å². The molecule has 2 aromatic rings. The van der Waals surface area contributed by atoms with Gasteiger partial charge in [0.05, 0.1) is 11.1 Å². The maximum Gasteiger partial charge on any atom is 0.257 e. The maximum atomic E-state index is 13.8. The first-order chi connectivity index (χ1) is 11.6. The van der Waals surface area contributed by atoms with E-state index in [0.717, 1.165) is 0 Å². The second kappa shape index (κ2) is 6.97. The Hall–Kier alpha value is -2.47. The quantitative estimate of drug-likeness (QED) is 0.838. The van der Waals surface area contributed by atoms with Crippen molar-refractivity contribution in [3.05, 3.63) is 64.7 Å². The summed E-state index contributed by atoms with van der Waals surface area (Å²) < 4.78 is 13.8. The van der Waals surface area contributed by atoms with Crippen molar-refractivity contribution in [2.75, 3.05) is 26.2 Å². The molecule has 1 aliphatic heterocycles. The summed E-state index contributed by atoms with van der Waals surface area (Å²) in [6, 6.07) is 7.31. The summed E-state index contributed by atoms with van der Waals surface area (Å²) in [6.45, 7) is 1.47. The van der Waals surface area contributed by atoms with Gasteiger partial charge in [-0.2, -0.15) is 0 Å². The van der Waals surface area contributed by atoms with Gasteiger partial charge in [-0.25, -0.2) is 4.39 Å². The number of hydrogen-bond acceptors (Lipinski definition) is 3. The van der Waals surface area contributed by atoms with Gasteiger partial charge < -0.3 is 9.80 Å². The molecule has 0 radical (unpaired) electrons. The number of pyridine rings is 1. The average molecular weight is 348 g/mol. The maximum absolute atomic E-state index is 13.8. The van der Waals surface area contributed by atoms with E-state index in [1.54, 1.807) is 23.2 Å². The number of amides is 2. The van der Waals surface area contributed by atoms with Gasteiger partial charge >= 0.3 is 0 Å². The molecule has 7 heteroatoms. The van der Waals surface area contributed by atoms with Crippen LogP contribution in [0.25, 0.3) is 0 Å². The van der Waals surface area contributed by atoms with E-state index in [1.807, 2.05) is 0 Å². The highest BCUT2D eigenvalue weighted by Gasteiger charge is 2.27. The molecular weight excluding hydrogens is 333 g/mol. The van der Waals surface area contributed by atoms with E-state index in [-0.39, 0.29) is 11.5 Å². The molecule has 1 aromatic carbocycles. The van der Waals surface area contributed by atoms with Crippen LogP contribution in [0.15, 0.2) is 42.7 Å². The minimum absolute atomic E-state index is 0.0467. The Morgan fingerprint density at radius 1 is 1.04 bits per heavy atom. The van der Waals surface area contributed by atoms with E-state index in [4.69, 9.17) is 11.6 Å². The van der Waals surface area contributed by atoms with Crippen LogP contribution in [0.3, 0.4) is 0 Å². The average Bonchev–Trinajstić information content (AvgIpc) is 2.63. The van der Waals surface area contributed by atoms with E-state index >= 15 is 0 Å². The van der Waals surface area contributed by atoms with Crippen molar-refractivity contribution in [3.63, 3.8) is 0 Å². The zero-order valence-corrected chi connectivity index (χ0v) is 13.5. The third kappa shape index (κ3) is 3.38. The molecule has 3 rings (SSSR count). The summed E-state index contributed by atoms with van der Waals surface area (Å²) in [7, 11) is 0. The standard InChI is InChI=1S/C17H15ClFN3O2/c18-13-3-4-15(19)14(10-13)17(24)22-8-6-21(7-9-22)16(23)12-2-1-5-20-11-12/h1-5,10-11H,6-9H2. The van der Waals surface area contributed by atoms with Crippen molar-refractivity contribution in [1.29, 1.82) is 0 Å². The molecule has 1 fully saturated rings. The van der Waals surface area contributed by atoms with E-state index in [9.17, 15) is 14.0 Å². The van der Waals surface area contributed by atoms with Gasteiger partial charge in [0, 0.05) is 43.6 Å². The fraction of sp³-hybridized carbons (Fsp3) is 0.235. The number of halogens is 2. The number of nitrogens with zero attached hydrogens (tertiary/aromatic N) is 3. The number of hydrogen-bond donors (Lipinski definition) is 0. The molecule has 0 bridgehead atoms. The predicted octanol–water partition coefficient (Wildman–Crippen LogP) is 2.47. The first kappa shape index (κ1) is 16.4. The Bertz CT molecular complexity index is 762. The van der Waals surface area contributed by atoms with Crippen LogP contribution in [-0.2, 0) is 0 Å². The molecule has 0 aliphatic carbocycles. The largest absolute Gasteiger partial charge is 0.335 e. The van der Waals surface area contributed by atoms with E-state index < -0.39 is 11.7 Å². The second-order valence-corrected chi connectivity index (χ2v) is 5.89. The van der Waals surface area contributed by atoms with Crippen LogP contribution in [0.4, 0.5) is 4.39 Å². The molecule has 1 aromatic heterocycles. The number of aromatic nitrogens is 1. The lowest BCUT2D eigenvalue weighted by Gasteiger charge is -2.34. The van der Waals surface area contributed by atoms with Gasteiger partial charge in [0.25, 0.3) is 11.8 Å². The van der Waals surface area contributed by atoms with Crippen LogP contribution in [-0.4, -0.2) is 52.8 Å². The van der Waals surface area contributed by atoms with Crippen LogP contribution < -0.4 is 0 Å². The predicted molar refractivity (Wildman–Crippen MR) is 87.5 cm³/mol. The van der Waals surface area contributed by atoms with Crippen molar-refractivity contribution in [2.45, 2.75) is 0 Å². The minimum atomic E-state index is -0.599. The summed E-state index contributed by atoms with van der Waals surface area (Å²) in [5.74, 6) is -1.13. The van der Waals surface area contributed by atoms with Gasteiger partial charge in [-0.3, -0.25) is 14.6 Å². The Morgan fingerprint density at radius 3 is 2.33 bits per heavy atom. The molecule has 1 aliphatic rings. The molecule has 2 heterocycles. The van der Waals surface area contributed by atoms with Crippen LogP contribution >= 0.6 is 11.6 Å². The van der Waals surface area contributed by atoms with Gasteiger partial charge in [0.1, 0.15) is 5.82 Å². The third-order valence-corrected chi connectivity index (χ3v) is 4.16. The fourth-order valence-corrected chi connectivity index (χ4v) is 2.79. The van der Waals surface area contributed by atoms with Crippen LogP contribution in [0.1, 0.15) is 20.7 Å². The Kier molecular flexibility index (Phi) is 4.76. The zero-order chi connectivity index (χ0) is 17.1. The van der Waals surface area contributed by atoms with Crippen molar-refractivity contribution < 1.29 is 14.0 Å². The van der Waals surface area contributed by atoms with E-state index in [0.29, 0.717) is 36.8 Å². The fourth-order valence-electron chi connectivity index (χ4n) is 2.62. The lowest BCUT2D eigenvalue weighted by molar-refractivity contribution is 0.0532. The monoisotopic (exact) mass is 347 g/mol. The molecular formula is C17H15ClFN3O2. The summed E-state index contributed by atoms with van der Waals surface area (Å²) in [5, 5.41) is 0.310. The molecule has 0 spiro atoms. The lowest BCUT2D eigenvalue weighted by atomic mass is 10.1. The molecule has 124 valence electrons. The summed E-state index contributed by atoms with van der Waals surface area (Å²) >= 11 is 5.84. The van der Waals surface area contributed by atoms with Crippen LogP contribution in [0.5, 0.6) is 0 Å². The smallest absolute Gasteiger partial charge is 0.257 e. The summed E-state index contributed by atoms with van der Waals surface area (Å²) in [4.78, 5) is 31.9. The van der Waals surface area contributed by atoms with Crippen LogP contribution in [0.2, 0.25) is 5.02 Å².